The van der Waals surface area contributed by atoms with Crippen LogP contribution in [-0.2, 0) is 6.42 Å². The fourth-order valence-electron chi connectivity index (χ4n) is 1.65. The summed E-state index contributed by atoms with van der Waals surface area (Å²) in [6.07, 6.45) is 1.85. The van der Waals surface area contributed by atoms with Crippen molar-refractivity contribution in [3.63, 3.8) is 0 Å². The van der Waals surface area contributed by atoms with Crippen LogP contribution >= 0.6 is 23.2 Å². The number of halogens is 2. The Morgan fingerprint density at radius 3 is 2.26 bits per heavy atom. The third-order valence-electron chi connectivity index (χ3n) is 2.46. The number of hydrogen-bond donors (Lipinski definition) is 2. The van der Waals surface area contributed by atoms with E-state index < -0.39 is 6.03 Å². The highest BCUT2D eigenvalue weighted by atomic mass is 35.5. The largest absolute Gasteiger partial charge is 0.370 e. The van der Waals surface area contributed by atoms with Crippen molar-refractivity contribution in [3.05, 3.63) is 27.7 Å². The van der Waals surface area contributed by atoms with E-state index in [1.54, 1.807) is 12.1 Å². The van der Waals surface area contributed by atoms with Gasteiger partial charge in [0.2, 0.25) is 0 Å². The summed E-state index contributed by atoms with van der Waals surface area (Å²) >= 11 is 12.3. The quantitative estimate of drug-likeness (QED) is 0.665. The van der Waals surface area contributed by atoms with Crippen molar-refractivity contribution in [2.75, 3.05) is 11.9 Å². The number of carbonyl (C=O) groups excluding carboxylic acids is 1. The van der Waals surface area contributed by atoms with Crippen LogP contribution in [0.15, 0.2) is 17.1 Å². The van der Waals surface area contributed by atoms with Gasteiger partial charge in [-0.3, -0.25) is 4.90 Å². The summed E-state index contributed by atoms with van der Waals surface area (Å²) in [5.41, 5.74) is 11.7. The number of benzene rings is 1. The normalized spacial score (nSPS) is 10.1. The lowest BCUT2D eigenvalue weighted by Gasteiger charge is -2.18. The number of nitrogens with zero attached hydrogens (tertiary/aromatic N) is 2. The number of urea groups is 1. The van der Waals surface area contributed by atoms with Crippen molar-refractivity contribution >= 4 is 40.9 Å². The van der Waals surface area contributed by atoms with Crippen LogP contribution in [0.5, 0.6) is 0 Å². The fourth-order valence-corrected chi connectivity index (χ4v) is 2.44. The van der Waals surface area contributed by atoms with E-state index >= 15 is 0 Å². The first-order chi connectivity index (χ1) is 8.86. The predicted octanol–water partition coefficient (Wildman–Crippen LogP) is 2.78. The van der Waals surface area contributed by atoms with Crippen molar-refractivity contribution in [3.8, 4) is 0 Å². The van der Waals surface area contributed by atoms with E-state index in [9.17, 15) is 4.79 Å². The van der Waals surface area contributed by atoms with Crippen LogP contribution in [0.25, 0.3) is 0 Å². The first-order valence-corrected chi connectivity index (χ1v) is 6.47. The fraction of sp³-hybridized carbons (Fsp3) is 0.333. The molecular weight excluding hydrogens is 287 g/mol. The number of rotatable bonds is 3. The Morgan fingerprint density at radius 1 is 1.32 bits per heavy atom. The smallest absolute Gasteiger partial charge is 0.351 e. The third kappa shape index (κ3) is 4.01. The average molecular weight is 303 g/mol. The van der Waals surface area contributed by atoms with Crippen LogP contribution in [-0.4, -0.2) is 19.0 Å². The summed E-state index contributed by atoms with van der Waals surface area (Å²) in [6, 6.07) is 2.93. The van der Waals surface area contributed by atoms with Gasteiger partial charge >= 0.3 is 6.03 Å². The van der Waals surface area contributed by atoms with E-state index in [0.29, 0.717) is 15.7 Å². The van der Waals surface area contributed by atoms with Crippen LogP contribution in [0.2, 0.25) is 10.0 Å². The molecule has 4 N–H and O–H groups in total. The Hall–Kier alpha value is -1.46. The molecule has 7 heteroatoms. The zero-order valence-corrected chi connectivity index (χ0v) is 12.3. The summed E-state index contributed by atoms with van der Waals surface area (Å²) < 4.78 is 0. The van der Waals surface area contributed by atoms with Crippen LogP contribution in [0.1, 0.15) is 18.9 Å². The molecule has 0 aliphatic heterocycles. The van der Waals surface area contributed by atoms with Gasteiger partial charge < -0.3 is 11.5 Å². The van der Waals surface area contributed by atoms with Gasteiger partial charge in [-0.2, -0.15) is 4.99 Å². The molecule has 0 aliphatic carbocycles. The van der Waals surface area contributed by atoms with Gasteiger partial charge in [0.25, 0.3) is 0 Å². The van der Waals surface area contributed by atoms with E-state index in [1.165, 1.54) is 11.9 Å². The standard InChI is InChI=1S/C12H16Cl2N4O/c1-3-4-7-5-8(13)10(9(14)6-7)18(2)12(19)17-11(15)16/h5-6H,3-4H2,1-2H3,(H4,15,16,17,19). The van der Waals surface area contributed by atoms with Crippen molar-refractivity contribution in [2.45, 2.75) is 19.8 Å². The Bertz CT molecular complexity index is 489. The molecule has 0 atom stereocenters. The molecule has 0 aliphatic rings. The minimum Gasteiger partial charge on any atom is -0.370 e. The molecule has 0 unspecified atom stereocenters. The molecule has 0 bridgehead atoms. The molecule has 19 heavy (non-hydrogen) atoms. The first kappa shape index (κ1) is 15.6. The molecule has 0 heterocycles. The van der Waals surface area contributed by atoms with E-state index in [1.807, 2.05) is 0 Å². The lowest BCUT2D eigenvalue weighted by Crippen LogP contribution is -2.30. The van der Waals surface area contributed by atoms with Crippen LogP contribution < -0.4 is 16.4 Å². The number of nitrogens with two attached hydrogens (primary N) is 2. The topological polar surface area (TPSA) is 84.7 Å². The lowest BCUT2D eigenvalue weighted by atomic mass is 10.1. The number of anilines is 1. The summed E-state index contributed by atoms with van der Waals surface area (Å²) in [7, 11) is 1.50. The van der Waals surface area contributed by atoms with Crippen LogP contribution in [0.4, 0.5) is 10.5 Å². The molecular formula is C12H16Cl2N4O. The minimum atomic E-state index is -0.632. The molecule has 104 valence electrons. The van der Waals surface area contributed by atoms with Gasteiger partial charge in [0, 0.05) is 7.05 Å². The number of guanidine groups is 1. The molecule has 1 rings (SSSR count). The van der Waals surface area contributed by atoms with Crippen LogP contribution in [0.3, 0.4) is 0 Å². The summed E-state index contributed by atoms with van der Waals surface area (Å²) in [5.74, 6) is -0.313. The monoisotopic (exact) mass is 302 g/mol. The number of hydrogen-bond acceptors (Lipinski definition) is 1. The molecule has 0 aromatic heterocycles. The van der Waals surface area contributed by atoms with E-state index in [2.05, 4.69) is 11.9 Å². The molecule has 5 nitrogen and oxygen atoms in total. The van der Waals surface area contributed by atoms with Crippen molar-refractivity contribution in [2.24, 2.45) is 16.5 Å². The number of aliphatic imine (C=N–C) groups is 1. The number of amides is 2. The predicted molar refractivity (Wildman–Crippen MR) is 80.1 cm³/mol. The van der Waals surface area contributed by atoms with Crippen molar-refractivity contribution < 1.29 is 4.79 Å². The maximum absolute atomic E-state index is 11.7. The molecule has 0 saturated heterocycles. The number of carbonyl (C=O) groups is 1. The molecule has 2 amide bonds. The molecule has 0 spiro atoms. The maximum Gasteiger partial charge on any atom is 0.351 e. The molecule has 1 aromatic carbocycles. The maximum atomic E-state index is 11.7. The molecule has 0 fully saturated rings. The van der Waals surface area contributed by atoms with Gasteiger partial charge in [0.1, 0.15) is 0 Å². The van der Waals surface area contributed by atoms with Crippen molar-refractivity contribution in [1.82, 2.24) is 0 Å². The number of aryl methyl sites for hydroxylation is 1. The highest BCUT2D eigenvalue weighted by Gasteiger charge is 2.17. The van der Waals surface area contributed by atoms with Gasteiger partial charge in [0.15, 0.2) is 5.96 Å². The molecule has 0 radical (unpaired) electrons. The van der Waals surface area contributed by atoms with Gasteiger partial charge in [-0.05, 0) is 24.1 Å². The third-order valence-corrected chi connectivity index (χ3v) is 3.04. The van der Waals surface area contributed by atoms with Gasteiger partial charge in [-0.1, -0.05) is 36.5 Å². The summed E-state index contributed by atoms with van der Waals surface area (Å²) in [6.45, 7) is 2.06. The molecule has 1 aromatic rings. The summed E-state index contributed by atoms with van der Waals surface area (Å²) in [5, 5.41) is 0.773. The molecule has 0 saturated carbocycles. The van der Waals surface area contributed by atoms with Gasteiger partial charge in [-0.15, -0.1) is 0 Å². The van der Waals surface area contributed by atoms with Gasteiger partial charge in [-0.25, -0.2) is 4.79 Å². The van der Waals surface area contributed by atoms with E-state index in [4.69, 9.17) is 34.7 Å². The minimum absolute atomic E-state index is 0.313. The zero-order chi connectivity index (χ0) is 14.6. The Labute approximate surface area is 122 Å². The average Bonchev–Trinajstić information content (AvgIpc) is 2.27. The van der Waals surface area contributed by atoms with Gasteiger partial charge in [0.05, 0.1) is 15.7 Å². The Balaban J connectivity index is 3.14. The summed E-state index contributed by atoms with van der Waals surface area (Å²) in [4.78, 5) is 16.4. The Kier molecular flexibility index (Phi) is 5.44. The van der Waals surface area contributed by atoms with Crippen molar-refractivity contribution in [1.29, 1.82) is 0 Å². The SMILES string of the molecule is CCCc1cc(Cl)c(N(C)C(=O)N=C(N)N)c(Cl)c1. The second-order valence-electron chi connectivity index (χ2n) is 4.04. The van der Waals surface area contributed by atoms with Crippen LogP contribution in [0, 0.1) is 0 Å². The lowest BCUT2D eigenvalue weighted by molar-refractivity contribution is 0.255. The zero-order valence-electron chi connectivity index (χ0n) is 10.8. The highest BCUT2D eigenvalue weighted by Crippen LogP contribution is 2.35. The second kappa shape index (κ2) is 6.63. The highest BCUT2D eigenvalue weighted by molar-refractivity contribution is 6.40. The Morgan fingerprint density at radius 2 is 1.84 bits per heavy atom. The van der Waals surface area contributed by atoms with E-state index in [0.717, 1.165) is 18.4 Å². The van der Waals surface area contributed by atoms with E-state index in [-0.39, 0.29) is 5.96 Å². The second-order valence-corrected chi connectivity index (χ2v) is 4.85. The first-order valence-electron chi connectivity index (χ1n) is 5.72.